The minimum atomic E-state index is -0.0111. The van der Waals surface area contributed by atoms with Crippen LogP contribution in [0.15, 0.2) is 78.0 Å². The van der Waals surface area contributed by atoms with Gasteiger partial charge in [0.25, 0.3) is 0 Å². The van der Waals surface area contributed by atoms with E-state index in [-0.39, 0.29) is 11.7 Å². The Balaban J connectivity index is 1.39. The molecule has 0 bridgehead atoms. The van der Waals surface area contributed by atoms with Crippen molar-refractivity contribution in [1.29, 1.82) is 0 Å². The number of amides is 1. The summed E-state index contributed by atoms with van der Waals surface area (Å²) in [5.41, 5.74) is 5.04. The van der Waals surface area contributed by atoms with Crippen LogP contribution in [0.5, 0.6) is 5.75 Å². The van der Waals surface area contributed by atoms with Gasteiger partial charge in [-0.15, -0.1) is 5.10 Å². The Morgan fingerprint density at radius 2 is 1.58 bits per heavy atom. The van der Waals surface area contributed by atoms with Crippen molar-refractivity contribution in [2.75, 3.05) is 17.3 Å². The number of hydrogen-bond acceptors (Lipinski definition) is 6. The molecule has 3 aromatic carbocycles. The molecule has 1 aliphatic rings. The maximum Gasteiger partial charge on any atom is 0.242 e. The first-order valence-corrected chi connectivity index (χ1v) is 11.9. The van der Waals surface area contributed by atoms with Gasteiger partial charge in [0.05, 0.1) is 29.4 Å². The summed E-state index contributed by atoms with van der Waals surface area (Å²) in [5, 5.41) is 12.6. The van der Waals surface area contributed by atoms with Crippen molar-refractivity contribution in [1.82, 2.24) is 20.2 Å². The number of carbonyl (C=O) groups excluding carboxylic acids is 1. The number of tetrazole rings is 1. The summed E-state index contributed by atoms with van der Waals surface area (Å²) in [7, 11) is 0. The molecule has 8 heteroatoms. The summed E-state index contributed by atoms with van der Waals surface area (Å²) >= 11 is 1.33. The molecule has 1 aromatic heterocycles. The molecule has 33 heavy (non-hydrogen) atoms. The third kappa shape index (κ3) is 4.34. The van der Waals surface area contributed by atoms with Crippen LogP contribution in [0.25, 0.3) is 5.69 Å². The Kier molecular flexibility index (Phi) is 6.08. The standard InChI is InChI=1S/C25H23N5O2S/c1-2-32-21-15-13-20(14-16-21)30-25(26-27-28-30)33-17-24(31)29-22-9-5-3-7-18(22)11-12-19-8-4-6-10-23(19)29/h3-10,13-16H,2,11-12,17H2,1H3. The Morgan fingerprint density at radius 1 is 0.939 bits per heavy atom. The van der Waals surface area contributed by atoms with E-state index < -0.39 is 0 Å². The van der Waals surface area contributed by atoms with Gasteiger partial charge in [-0.2, -0.15) is 4.68 Å². The van der Waals surface area contributed by atoms with Crippen LogP contribution in [0.3, 0.4) is 0 Å². The van der Waals surface area contributed by atoms with Crippen LogP contribution in [0.1, 0.15) is 18.1 Å². The molecule has 166 valence electrons. The van der Waals surface area contributed by atoms with Gasteiger partial charge in [-0.3, -0.25) is 9.69 Å². The second kappa shape index (κ2) is 9.46. The maximum atomic E-state index is 13.5. The molecule has 4 aromatic rings. The first-order chi connectivity index (χ1) is 16.2. The normalized spacial score (nSPS) is 12.6. The van der Waals surface area contributed by atoms with E-state index in [4.69, 9.17) is 4.74 Å². The van der Waals surface area contributed by atoms with E-state index in [1.54, 1.807) is 4.68 Å². The second-order valence-electron chi connectivity index (χ2n) is 7.58. The van der Waals surface area contributed by atoms with Crippen LogP contribution in [-0.4, -0.2) is 38.5 Å². The lowest BCUT2D eigenvalue weighted by Gasteiger charge is -2.24. The molecule has 0 spiro atoms. The van der Waals surface area contributed by atoms with Crippen LogP contribution in [0.4, 0.5) is 11.4 Å². The maximum absolute atomic E-state index is 13.5. The molecule has 0 aliphatic carbocycles. The number of thioether (sulfide) groups is 1. The topological polar surface area (TPSA) is 73.1 Å². The molecule has 1 aliphatic heterocycles. The molecule has 1 amide bonds. The van der Waals surface area contributed by atoms with E-state index >= 15 is 0 Å². The second-order valence-corrected chi connectivity index (χ2v) is 8.52. The van der Waals surface area contributed by atoms with Gasteiger partial charge < -0.3 is 4.74 Å². The van der Waals surface area contributed by atoms with E-state index in [0.717, 1.165) is 35.7 Å². The highest BCUT2D eigenvalue weighted by atomic mass is 32.2. The van der Waals surface area contributed by atoms with Crippen molar-refractivity contribution in [3.05, 3.63) is 83.9 Å². The number of benzene rings is 3. The number of anilines is 2. The number of carbonyl (C=O) groups is 1. The Morgan fingerprint density at radius 3 is 2.21 bits per heavy atom. The van der Waals surface area contributed by atoms with Gasteiger partial charge in [0.15, 0.2) is 0 Å². The molecule has 0 fully saturated rings. The van der Waals surface area contributed by atoms with Crippen LogP contribution < -0.4 is 9.64 Å². The van der Waals surface area contributed by atoms with Crippen molar-refractivity contribution in [2.24, 2.45) is 0 Å². The van der Waals surface area contributed by atoms with E-state index in [9.17, 15) is 4.79 Å². The Hall–Kier alpha value is -3.65. The number of ether oxygens (including phenoxy) is 1. The number of aromatic nitrogens is 4. The average molecular weight is 458 g/mol. The largest absolute Gasteiger partial charge is 0.494 e. The quantitative estimate of drug-likeness (QED) is 0.394. The van der Waals surface area contributed by atoms with Crippen molar-refractivity contribution in [2.45, 2.75) is 24.9 Å². The van der Waals surface area contributed by atoms with Gasteiger partial charge in [0, 0.05) is 0 Å². The highest BCUT2D eigenvalue weighted by molar-refractivity contribution is 7.99. The summed E-state index contributed by atoms with van der Waals surface area (Å²) in [6.07, 6.45) is 1.81. The average Bonchev–Trinajstić information content (AvgIpc) is 3.25. The monoisotopic (exact) mass is 457 g/mol. The molecule has 7 nitrogen and oxygen atoms in total. The predicted octanol–water partition coefficient (Wildman–Crippen LogP) is 4.62. The summed E-state index contributed by atoms with van der Waals surface area (Å²) in [5.74, 6) is 0.986. The number of rotatable bonds is 6. The van der Waals surface area contributed by atoms with Gasteiger partial charge in [-0.05, 0) is 77.7 Å². The van der Waals surface area contributed by atoms with Crippen molar-refractivity contribution >= 4 is 29.0 Å². The SMILES string of the molecule is CCOc1ccc(-n2nnnc2SCC(=O)N2c3ccccc3CCc3ccccc32)cc1. The van der Waals surface area contributed by atoms with Crippen molar-refractivity contribution < 1.29 is 9.53 Å². The number of aryl methyl sites for hydroxylation is 2. The molecule has 0 unspecified atom stereocenters. The van der Waals surface area contributed by atoms with Gasteiger partial charge >= 0.3 is 0 Å². The zero-order valence-electron chi connectivity index (χ0n) is 18.2. The van der Waals surface area contributed by atoms with E-state index in [0.29, 0.717) is 11.8 Å². The minimum absolute atomic E-state index is 0.0111. The lowest BCUT2D eigenvalue weighted by atomic mass is 10.0. The van der Waals surface area contributed by atoms with Gasteiger partial charge in [-0.1, -0.05) is 48.2 Å². The highest BCUT2D eigenvalue weighted by Crippen LogP contribution is 2.36. The van der Waals surface area contributed by atoms with Crippen molar-refractivity contribution in [3.63, 3.8) is 0 Å². The molecule has 0 saturated carbocycles. The molecular formula is C25H23N5O2S. The first kappa shape index (κ1) is 21.2. The molecule has 0 atom stereocenters. The number of hydrogen-bond donors (Lipinski definition) is 0. The summed E-state index contributed by atoms with van der Waals surface area (Å²) in [6.45, 7) is 2.55. The van der Waals surface area contributed by atoms with Gasteiger partial charge in [0.2, 0.25) is 11.1 Å². The third-order valence-electron chi connectivity index (χ3n) is 5.54. The summed E-state index contributed by atoms with van der Waals surface area (Å²) < 4.78 is 7.14. The number of nitrogens with zero attached hydrogens (tertiary/aromatic N) is 5. The predicted molar refractivity (Wildman–Crippen MR) is 128 cm³/mol. The zero-order valence-corrected chi connectivity index (χ0v) is 19.0. The molecule has 2 heterocycles. The smallest absolute Gasteiger partial charge is 0.242 e. The molecule has 5 rings (SSSR count). The fraction of sp³-hybridized carbons (Fsp3) is 0.200. The summed E-state index contributed by atoms with van der Waals surface area (Å²) in [4.78, 5) is 15.4. The number of fused-ring (bicyclic) bond motifs is 2. The highest BCUT2D eigenvalue weighted by Gasteiger charge is 2.26. The fourth-order valence-corrected chi connectivity index (χ4v) is 4.76. The van der Waals surface area contributed by atoms with Gasteiger partial charge in [-0.25, -0.2) is 0 Å². The summed E-state index contributed by atoms with van der Waals surface area (Å²) in [6, 6.07) is 23.8. The van der Waals surface area contributed by atoms with Gasteiger partial charge in [0.1, 0.15) is 5.75 Å². The fourth-order valence-electron chi connectivity index (χ4n) is 4.02. The van der Waals surface area contributed by atoms with Crippen LogP contribution >= 0.6 is 11.8 Å². The lowest BCUT2D eigenvalue weighted by molar-refractivity contribution is -0.115. The molecule has 0 N–H and O–H groups in total. The Labute approximate surface area is 196 Å². The molecule has 0 saturated heterocycles. The molecular weight excluding hydrogens is 434 g/mol. The van der Waals surface area contributed by atoms with Crippen LogP contribution in [0.2, 0.25) is 0 Å². The van der Waals surface area contributed by atoms with Crippen molar-refractivity contribution in [3.8, 4) is 11.4 Å². The zero-order chi connectivity index (χ0) is 22.6. The first-order valence-electron chi connectivity index (χ1n) is 10.9. The third-order valence-corrected chi connectivity index (χ3v) is 6.44. The van der Waals surface area contributed by atoms with Crippen LogP contribution in [-0.2, 0) is 17.6 Å². The Bertz CT molecular complexity index is 1220. The van der Waals surface area contributed by atoms with E-state index in [1.165, 1.54) is 22.9 Å². The lowest BCUT2D eigenvalue weighted by Crippen LogP contribution is -2.28. The number of para-hydroxylation sites is 2. The van der Waals surface area contributed by atoms with E-state index in [1.807, 2.05) is 72.5 Å². The molecule has 0 radical (unpaired) electrons. The van der Waals surface area contributed by atoms with E-state index in [2.05, 4.69) is 27.7 Å². The van der Waals surface area contributed by atoms with Crippen LogP contribution in [0, 0.1) is 0 Å². The minimum Gasteiger partial charge on any atom is -0.494 e.